The van der Waals surface area contributed by atoms with Gasteiger partial charge in [0.15, 0.2) is 0 Å². The van der Waals surface area contributed by atoms with Crippen LogP contribution in [0.4, 0.5) is 0 Å². The lowest BCUT2D eigenvalue weighted by Crippen LogP contribution is -1.99. The van der Waals surface area contributed by atoms with Gasteiger partial charge in [-0.15, -0.1) is 0 Å². The number of esters is 2. The third-order valence-corrected chi connectivity index (χ3v) is 4.45. The molecule has 0 saturated heterocycles. The molecule has 0 radical (unpaired) electrons. The van der Waals surface area contributed by atoms with Gasteiger partial charge in [-0.2, -0.15) is 11.8 Å². The second-order valence-electron chi connectivity index (χ2n) is 5.09. The Kier molecular flexibility index (Phi) is 15.1. The largest absolute Gasteiger partial charge is 0.469 e. The van der Waals surface area contributed by atoms with Gasteiger partial charge in [-0.05, 0) is 37.2 Å². The fraction of sp³-hybridized carbons (Fsp3) is 0.875. The van der Waals surface area contributed by atoms with Crippen LogP contribution in [0.1, 0.15) is 64.2 Å². The fourth-order valence-corrected chi connectivity index (χ4v) is 2.98. The molecule has 5 heteroatoms. The number of unbranched alkanes of at least 4 members (excludes halogenated alkanes) is 6. The van der Waals surface area contributed by atoms with E-state index in [2.05, 4.69) is 9.47 Å². The Labute approximate surface area is 133 Å². The van der Waals surface area contributed by atoms with Crippen LogP contribution in [0.15, 0.2) is 0 Å². The normalized spacial score (nSPS) is 10.4. The topological polar surface area (TPSA) is 52.6 Å². The molecule has 0 aromatic rings. The van der Waals surface area contributed by atoms with Crippen LogP contribution in [-0.2, 0) is 19.1 Å². The molecule has 0 bridgehead atoms. The highest BCUT2D eigenvalue weighted by atomic mass is 32.2. The summed E-state index contributed by atoms with van der Waals surface area (Å²) < 4.78 is 9.20. The minimum absolute atomic E-state index is 0.100. The lowest BCUT2D eigenvalue weighted by Gasteiger charge is -2.03. The molecular formula is C16H30O4S. The van der Waals surface area contributed by atoms with E-state index in [9.17, 15) is 9.59 Å². The van der Waals surface area contributed by atoms with Crippen molar-refractivity contribution in [3.8, 4) is 0 Å². The van der Waals surface area contributed by atoms with Gasteiger partial charge in [0.05, 0.1) is 14.2 Å². The third-order valence-electron chi connectivity index (χ3n) is 3.29. The Morgan fingerprint density at radius 2 is 1.05 bits per heavy atom. The van der Waals surface area contributed by atoms with E-state index in [0.29, 0.717) is 12.8 Å². The van der Waals surface area contributed by atoms with Crippen LogP contribution < -0.4 is 0 Å². The van der Waals surface area contributed by atoms with Crippen molar-refractivity contribution < 1.29 is 19.1 Å². The molecule has 0 unspecified atom stereocenters. The second kappa shape index (κ2) is 15.7. The molecule has 0 N–H and O–H groups in total. The zero-order valence-electron chi connectivity index (χ0n) is 13.5. The lowest BCUT2D eigenvalue weighted by atomic mass is 10.1. The number of carbonyl (C=O) groups is 2. The summed E-state index contributed by atoms with van der Waals surface area (Å²) in [5.41, 5.74) is 0. The number of hydrogen-bond donors (Lipinski definition) is 0. The van der Waals surface area contributed by atoms with E-state index >= 15 is 0 Å². The van der Waals surface area contributed by atoms with E-state index in [1.54, 1.807) is 0 Å². The van der Waals surface area contributed by atoms with E-state index in [0.717, 1.165) is 25.7 Å². The van der Waals surface area contributed by atoms with E-state index < -0.39 is 0 Å². The van der Waals surface area contributed by atoms with Crippen molar-refractivity contribution in [2.75, 3.05) is 25.7 Å². The molecule has 0 aliphatic carbocycles. The molecular weight excluding hydrogens is 288 g/mol. The van der Waals surface area contributed by atoms with E-state index in [1.807, 2.05) is 11.8 Å². The number of thioether (sulfide) groups is 1. The zero-order valence-corrected chi connectivity index (χ0v) is 14.3. The molecule has 0 rings (SSSR count). The van der Waals surface area contributed by atoms with Crippen LogP contribution in [0.25, 0.3) is 0 Å². The van der Waals surface area contributed by atoms with Gasteiger partial charge in [-0.3, -0.25) is 9.59 Å². The molecule has 0 heterocycles. The first-order chi connectivity index (χ1) is 10.2. The molecule has 124 valence electrons. The minimum atomic E-state index is -0.100. The zero-order chi connectivity index (χ0) is 15.8. The van der Waals surface area contributed by atoms with E-state index in [4.69, 9.17) is 0 Å². The quantitative estimate of drug-likeness (QED) is 0.358. The van der Waals surface area contributed by atoms with Crippen LogP contribution in [0.3, 0.4) is 0 Å². The van der Waals surface area contributed by atoms with Gasteiger partial charge in [0, 0.05) is 12.8 Å². The first-order valence-electron chi connectivity index (χ1n) is 7.92. The van der Waals surface area contributed by atoms with Crippen molar-refractivity contribution in [2.24, 2.45) is 0 Å². The van der Waals surface area contributed by atoms with Crippen LogP contribution in [0, 0.1) is 0 Å². The molecule has 4 nitrogen and oxygen atoms in total. The molecule has 21 heavy (non-hydrogen) atoms. The van der Waals surface area contributed by atoms with Gasteiger partial charge in [-0.1, -0.05) is 25.7 Å². The van der Waals surface area contributed by atoms with Gasteiger partial charge < -0.3 is 9.47 Å². The summed E-state index contributed by atoms with van der Waals surface area (Å²) >= 11 is 2.01. The predicted octanol–water partition coefficient (Wildman–Crippen LogP) is 3.97. The number of rotatable bonds is 14. The second-order valence-corrected chi connectivity index (χ2v) is 6.32. The molecule has 0 atom stereocenters. The summed E-state index contributed by atoms with van der Waals surface area (Å²) in [5.74, 6) is 2.22. The van der Waals surface area contributed by atoms with Crippen molar-refractivity contribution in [3.05, 3.63) is 0 Å². The minimum Gasteiger partial charge on any atom is -0.469 e. The maximum atomic E-state index is 10.9. The van der Waals surface area contributed by atoms with Gasteiger partial charge in [0.25, 0.3) is 0 Å². The fourth-order valence-electron chi connectivity index (χ4n) is 1.96. The van der Waals surface area contributed by atoms with Crippen LogP contribution in [0.2, 0.25) is 0 Å². The van der Waals surface area contributed by atoms with Gasteiger partial charge in [-0.25, -0.2) is 0 Å². The smallest absolute Gasteiger partial charge is 0.305 e. The molecule has 0 amide bonds. The average molecular weight is 318 g/mol. The third kappa shape index (κ3) is 15.5. The molecule has 0 saturated carbocycles. The highest BCUT2D eigenvalue weighted by Crippen LogP contribution is 2.12. The molecule has 0 aromatic carbocycles. The Bertz CT molecular complexity index is 243. The summed E-state index contributed by atoms with van der Waals surface area (Å²) in [4.78, 5) is 21.8. The number of hydrogen-bond acceptors (Lipinski definition) is 5. The van der Waals surface area contributed by atoms with Crippen LogP contribution in [0.5, 0.6) is 0 Å². The van der Waals surface area contributed by atoms with Gasteiger partial charge in [0.2, 0.25) is 0 Å². The maximum absolute atomic E-state index is 10.9. The summed E-state index contributed by atoms with van der Waals surface area (Å²) in [5, 5.41) is 0. The van der Waals surface area contributed by atoms with E-state index in [-0.39, 0.29) is 11.9 Å². The Hall–Kier alpha value is -0.710. The summed E-state index contributed by atoms with van der Waals surface area (Å²) in [7, 11) is 2.88. The van der Waals surface area contributed by atoms with Gasteiger partial charge in [0.1, 0.15) is 0 Å². The van der Waals surface area contributed by atoms with E-state index in [1.165, 1.54) is 51.4 Å². The highest BCUT2D eigenvalue weighted by molar-refractivity contribution is 7.99. The summed E-state index contributed by atoms with van der Waals surface area (Å²) in [6, 6.07) is 0. The SMILES string of the molecule is COC(=O)CCCCCCSCCCCCCC(=O)OC. The van der Waals surface area contributed by atoms with Crippen molar-refractivity contribution in [2.45, 2.75) is 64.2 Å². The van der Waals surface area contributed by atoms with Crippen molar-refractivity contribution in [3.63, 3.8) is 0 Å². The number of ether oxygens (including phenoxy) is 2. The Morgan fingerprint density at radius 3 is 1.43 bits per heavy atom. The molecule has 0 aliphatic heterocycles. The Balaban J connectivity index is 3.06. The van der Waals surface area contributed by atoms with Crippen molar-refractivity contribution in [1.29, 1.82) is 0 Å². The van der Waals surface area contributed by atoms with Crippen molar-refractivity contribution in [1.82, 2.24) is 0 Å². The van der Waals surface area contributed by atoms with Crippen LogP contribution >= 0.6 is 11.8 Å². The van der Waals surface area contributed by atoms with Crippen molar-refractivity contribution >= 4 is 23.7 Å². The molecule has 0 aliphatic rings. The lowest BCUT2D eigenvalue weighted by molar-refractivity contribution is -0.141. The van der Waals surface area contributed by atoms with Gasteiger partial charge >= 0.3 is 11.9 Å². The number of carbonyl (C=O) groups excluding carboxylic acids is 2. The Morgan fingerprint density at radius 1 is 0.667 bits per heavy atom. The molecule has 0 spiro atoms. The first kappa shape index (κ1) is 20.3. The first-order valence-corrected chi connectivity index (χ1v) is 9.07. The summed E-state index contributed by atoms with van der Waals surface area (Å²) in [6.45, 7) is 0. The monoisotopic (exact) mass is 318 g/mol. The highest BCUT2D eigenvalue weighted by Gasteiger charge is 2.00. The average Bonchev–Trinajstić information content (AvgIpc) is 2.51. The molecule has 0 aromatic heterocycles. The standard InChI is InChI=1S/C16H30O4S/c1-19-15(17)11-7-3-5-9-13-21-14-10-6-4-8-12-16(18)20-2/h3-14H2,1-2H3. The molecule has 0 fully saturated rings. The summed E-state index contributed by atoms with van der Waals surface area (Å²) in [6.07, 6.45) is 10.1. The van der Waals surface area contributed by atoms with Crippen LogP contribution in [-0.4, -0.2) is 37.7 Å². The predicted molar refractivity (Wildman–Crippen MR) is 87.5 cm³/mol. The number of methoxy groups -OCH3 is 2. The maximum Gasteiger partial charge on any atom is 0.305 e.